The third-order valence-corrected chi connectivity index (χ3v) is 2.78. The first-order chi connectivity index (χ1) is 8.24. The van der Waals surface area contributed by atoms with E-state index in [1.54, 1.807) is 17.0 Å². The molecule has 2 aromatic rings. The maximum absolute atomic E-state index is 11.5. The highest BCUT2D eigenvalue weighted by molar-refractivity contribution is 5.96. The molecule has 1 aliphatic heterocycles. The van der Waals surface area contributed by atoms with Crippen LogP contribution in [0, 0.1) is 0 Å². The van der Waals surface area contributed by atoms with Crippen molar-refractivity contribution in [3.63, 3.8) is 0 Å². The van der Waals surface area contributed by atoms with Crippen molar-refractivity contribution in [3.8, 4) is 0 Å². The minimum absolute atomic E-state index is 0.123. The quantitative estimate of drug-likeness (QED) is 0.751. The zero-order valence-electron chi connectivity index (χ0n) is 8.97. The molecule has 0 saturated carbocycles. The fourth-order valence-corrected chi connectivity index (χ4v) is 1.94. The largest absolute Gasteiger partial charge is 0.423 e. The van der Waals surface area contributed by atoms with Crippen LogP contribution in [0.3, 0.4) is 0 Å². The van der Waals surface area contributed by atoms with E-state index >= 15 is 0 Å². The highest BCUT2D eigenvalue weighted by atomic mass is 16.4. The van der Waals surface area contributed by atoms with Gasteiger partial charge in [0.15, 0.2) is 0 Å². The Hall–Kier alpha value is -2.30. The number of rotatable bonds is 1. The van der Waals surface area contributed by atoms with E-state index in [0.717, 1.165) is 11.1 Å². The maximum Gasteiger partial charge on any atom is 0.336 e. The molecule has 1 aromatic heterocycles. The average molecular weight is 230 g/mol. The van der Waals surface area contributed by atoms with Gasteiger partial charge >= 0.3 is 11.7 Å². The summed E-state index contributed by atoms with van der Waals surface area (Å²) < 4.78 is 5.08. The number of carbonyl (C=O) groups is 1. The molecule has 0 bridgehead atoms. The minimum Gasteiger partial charge on any atom is -0.423 e. The monoisotopic (exact) mass is 230 g/mol. The first kappa shape index (κ1) is 9.89. The van der Waals surface area contributed by atoms with Crippen LogP contribution in [-0.4, -0.2) is 19.1 Å². The van der Waals surface area contributed by atoms with Gasteiger partial charge in [0.2, 0.25) is 0 Å². The van der Waals surface area contributed by atoms with E-state index in [1.807, 2.05) is 12.1 Å². The molecule has 86 valence electrons. The van der Waals surface area contributed by atoms with E-state index in [0.29, 0.717) is 18.7 Å². The van der Waals surface area contributed by atoms with Crippen LogP contribution in [0.2, 0.25) is 0 Å². The normalized spacial score (nSPS) is 15.3. The van der Waals surface area contributed by atoms with E-state index in [4.69, 9.17) is 4.42 Å². The van der Waals surface area contributed by atoms with Crippen molar-refractivity contribution >= 4 is 22.7 Å². The number of benzene rings is 1. The molecule has 0 unspecified atom stereocenters. The van der Waals surface area contributed by atoms with Crippen LogP contribution in [0.25, 0.3) is 11.0 Å². The Kier molecular flexibility index (Phi) is 2.11. The second kappa shape index (κ2) is 3.62. The number of fused-ring (bicyclic) bond motifs is 1. The van der Waals surface area contributed by atoms with Crippen molar-refractivity contribution in [2.75, 3.05) is 18.0 Å². The maximum atomic E-state index is 11.5. The first-order valence-electron chi connectivity index (χ1n) is 5.33. The summed E-state index contributed by atoms with van der Waals surface area (Å²) in [6.07, 6.45) is 0. The summed E-state index contributed by atoms with van der Waals surface area (Å²) in [7, 11) is 0. The number of hydrogen-bond donors (Lipinski definition) is 1. The van der Waals surface area contributed by atoms with Crippen molar-refractivity contribution < 1.29 is 9.21 Å². The third kappa shape index (κ3) is 1.65. The van der Waals surface area contributed by atoms with Crippen LogP contribution in [-0.2, 0) is 0 Å². The van der Waals surface area contributed by atoms with E-state index in [2.05, 4.69) is 5.32 Å². The summed E-state index contributed by atoms with van der Waals surface area (Å²) in [4.78, 5) is 24.2. The Bertz CT molecular complexity index is 647. The zero-order chi connectivity index (χ0) is 11.8. The van der Waals surface area contributed by atoms with Gasteiger partial charge in [-0.3, -0.25) is 4.90 Å². The molecule has 1 saturated heterocycles. The third-order valence-electron chi connectivity index (χ3n) is 2.78. The number of nitrogens with zero attached hydrogens (tertiary/aromatic N) is 1. The van der Waals surface area contributed by atoms with Gasteiger partial charge in [0, 0.05) is 36.3 Å². The van der Waals surface area contributed by atoms with Crippen LogP contribution < -0.4 is 15.8 Å². The predicted molar refractivity (Wildman–Crippen MR) is 63.2 cm³/mol. The van der Waals surface area contributed by atoms with Crippen molar-refractivity contribution in [1.29, 1.82) is 0 Å². The van der Waals surface area contributed by atoms with Crippen molar-refractivity contribution in [2.45, 2.75) is 0 Å². The molecule has 1 aromatic carbocycles. The van der Waals surface area contributed by atoms with Gasteiger partial charge in [-0.15, -0.1) is 0 Å². The topological polar surface area (TPSA) is 62.6 Å². The second-order valence-corrected chi connectivity index (χ2v) is 3.86. The Morgan fingerprint density at radius 2 is 2.00 bits per heavy atom. The summed E-state index contributed by atoms with van der Waals surface area (Å²) in [5.41, 5.74) is 0.845. The zero-order valence-corrected chi connectivity index (χ0v) is 8.97. The molecule has 5 heteroatoms. The Morgan fingerprint density at radius 1 is 1.18 bits per heavy atom. The lowest BCUT2D eigenvalue weighted by atomic mass is 10.2. The fraction of sp³-hybridized carbons (Fsp3) is 0.167. The number of carbonyl (C=O) groups excluding carboxylic acids is 1. The van der Waals surface area contributed by atoms with Crippen LogP contribution >= 0.6 is 0 Å². The highest BCUT2D eigenvalue weighted by Crippen LogP contribution is 2.22. The van der Waals surface area contributed by atoms with Gasteiger partial charge in [-0.05, 0) is 18.2 Å². The van der Waals surface area contributed by atoms with Gasteiger partial charge in [0.25, 0.3) is 0 Å². The van der Waals surface area contributed by atoms with Gasteiger partial charge < -0.3 is 9.73 Å². The average Bonchev–Trinajstić information content (AvgIpc) is 2.74. The number of nitrogens with one attached hydrogen (secondary N) is 1. The van der Waals surface area contributed by atoms with Gasteiger partial charge in [0.1, 0.15) is 5.58 Å². The van der Waals surface area contributed by atoms with Crippen LogP contribution in [0.5, 0.6) is 0 Å². The predicted octanol–water partition coefficient (Wildman–Crippen LogP) is 1.32. The molecule has 0 aliphatic carbocycles. The second-order valence-electron chi connectivity index (χ2n) is 3.86. The number of urea groups is 1. The van der Waals surface area contributed by atoms with Gasteiger partial charge in [0.05, 0.1) is 0 Å². The standard InChI is InChI=1S/C12H10N2O3/c15-11-4-2-8-1-3-9(7-10(8)17-11)14-6-5-13-12(14)16/h1-4,7H,5-6H2,(H,13,16). The van der Waals surface area contributed by atoms with Crippen molar-refractivity contribution in [1.82, 2.24) is 5.32 Å². The molecular formula is C12H10N2O3. The van der Waals surface area contributed by atoms with Crippen LogP contribution in [0.4, 0.5) is 10.5 Å². The number of hydrogen-bond acceptors (Lipinski definition) is 3. The molecule has 2 heterocycles. The molecular weight excluding hydrogens is 220 g/mol. The van der Waals surface area contributed by atoms with E-state index in [9.17, 15) is 9.59 Å². The lowest BCUT2D eigenvalue weighted by molar-refractivity contribution is 0.252. The van der Waals surface area contributed by atoms with Gasteiger partial charge in [-0.25, -0.2) is 9.59 Å². The first-order valence-corrected chi connectivity index (χ1v) is 5.33. The van der Waals surface area contributed by atoms with Crippen LogP contribution in [0.1, 0.15) is 0 Å². The SMILES string of the molecule is O=C1NCCN1c1ccc2ccc(=O)oc2c1. The number of amides is 2. The molecule has 0 atom stereocenters. The molecule has 3 rings (SSSR count). The number of anilines is 1. The fourth-order valence-electron chi connectivity index (χ4n) is 1.94. The summed E-state index contributed by atoms with van der Waals surface area (Å²) in [5, 5.41) is 3.56. The summed E-state index contributed by atoms with van der Waals surface area (Å²) in [6, 6.07) is 8.34. The molecule has 0 radical (unpaired) electrons. The van der Waals surface area contributed by atoms with Crippen molar-refractivity contribution in [2.24, 2.45) is 0 Å². The Labute approximate surface area is 96.6 Å². The molecule has 1 fully saturated rings. The van der Waals surface area contributed by atoms with Gasteiger partial charge in [-0.1, -0.05) is 0 Å². The van der Waals surface area contributed by atoms with Crippen LogP contribution in [0.15, 0.2) is 39.5 Å². The molecule has 1 N–H and O–H groups in total. The lowest BCUT2D eigenvalue weighted by Crippen LogP contribution is -2.27. The lowest BCUT2D eigenvalue weighted by Gasteiger charge is -2.14. The van der Waals surface area contributed by atoms with Crippen molar-refractivity contribution in [3.05, 3.63) is 40.8 Å². The molecule has 1 aliphatic rings. The van der Waals surface area contributed by atoms with Gasteiger partial charge in [-0.2, -0.15) is 0 Å². The Balaban J connectivity index is 2.12. The minimum atomic E-state index is -0.388. The summed E-state index contributed by atoms with van der Waals surface area (Å²) in [5.74, 6) is 0. The molecule has 17 heavy (non-hydrogen) atoms. The van der Waals surface area contributed by atoms with E-state index in [-0.39, 0.29) is 11.7 Å². The summed E-state index contributed by atoms with van der Waals surface area (Å²) in [6.45, 7) is 1.26. The smallest absolute Gasteiger partial charge is 0.336 e. The summed E-state index contributed by atoms with van der Waals surface area (Å²) >= 11 is 0. The van der Waals surface area contributed by atoms with E-state index in [1.165, 1.54) is 6.07 Å². The molecule has 2 amide bonds. The highest BCUT2D eigenvalue weighted by Gasteiger charge is 2.21. The van der Waals surface area contributed by atoms with E-state index < -0.39 is 0 Å². The molecule has 5 nitrogen and oxygen atoms in total. The molecule has 0 spiro atoms. The Morgan fingerprint density at radius 3 is 2.76 bits per heavy atom.